The summed E-state index contributed by atoms with van der Waals surface area (Å²) in [7, 11) is 0. The van der Waals surface area contributed by atoms with Crippen LogP contribution in [-0.2, 0) is 11.2 Å². The molecular formula is C24H34N2O2. The second kappa shape index (κ2) is 13.0. The molecule has 28 heavy (non-hydrogen) atoms. The van der Waals surface area contributed by atoms with Crippen LogP contribution >= 0.6 is 0 Å². The number of hydrogen-bond donors (Lipinski definition) is 0. The average Bonchev–Trinajstić information content (AvgIpc) is 2.72. The minimum atomic E-state index is -0.167. The van der Waals surface area contributed by atoms with Crippen LogP contribution in [0.25, 0.3) is 11.3 Å². The minimum Gasteiger partial charge on any atom is -0.427 e. The summed E-state index contributed by atoms with van der Waals surface area (Å²) in [4.78, 5) is 20.9. The van der Waals surface area contributed by atoms with Crippen LogP contribution in [0.3, 0.4) is 0 Å². The molecule has 0 aliphatic heterocycles. The number of ether oxygens (including phenoxy) is 1. The van der Waals surface area contributed by atoms with E-state index >= 15 is 0 Å². The maximum Gasteiger partial charge on any atom is 0.311 e. The van der Waals surface area contributed by atoms with Crippen molar-refractivity contribution < 1.29 is 9.53 Å². The zero-order valence-electron chi connectivity index (χ0n) is 17.5. The summed E-state index contributed by atoms with van der Waals surface area (Å²) in [5.74, 6) is 0.415. The number of aryl methyl sites for hydroxylation is 1. The molecule has 0 atom stereocenters. The molecule has 1 heterocycles. The molecule has 0 aliphatic carbocycles. The molecule has 0 radical (unpaired) electrons. The molecule has 4 heteroatoms. The molecule has 4 nitrogen and oxygen atoms in total. The number of rotatable bonds is 13. The number of nitrogens with zero attached hydrogens (tertiary/aromatic N) is 2. The van der Waals surface area contributed by atoms with Crippen molar-refractivity contribution in [2.75, 3.05) is 0 Å². The molecule has 0 fully saturated rings. The molecule has 1 aromatic carbocycles. The highest BCUT2D eigenvalue weighted by Crippen LogP contribution is 2.21. The van der Waals surface area contributed by atoms with Gasteiger partial charge in [-0.15, -0.1) is 0 Å². The monoisotopic (exact) mass is 382 g/mol. The van der Waals surface area contributed by atoms with E-state index in [2.05, 4.69) is 23.8 Å². The number of aromatic nitrogens is 2. The first-order valence-electron chi connectivity index (χ1n) is 10.8. The second-order valence-electron chi connectivity index (χ2n) is 7.37. The van der Waals surface area contributed by atoms with Crippen molar-refractivity contribution in [1.29, 1.82) is 0 Å². The first kappa shape index (κ1) is 22.1. The number of carbonyl (C=O) groups excluding carboxylic acids is 1. The third-order valence-electron chi connectivity index (χ3n) is 4.86. The standard InChI is InChI=1S/C24H34N2O2/c1-3-5-7-8-9-11-12-21-18-26-23(19-25-21)20-14-16-22(17-15-20)28-24(27)13-10-6-4-2/h14-19H,3-13H2,1-2H3. The Balaban J connectivity index is 1.79. The van der Waals surface area contributed by atoms with Crippen molar-refractivity contribution in [2.24, 2.45) is 0 Å². The number of hydrogen-bond acceptors (Lipinski definition) is 4. The topological polar surface area (TPSA) is 52.1 Å². The minimum absolute atomic E-state index is 0.167. The molecule has 1 aromatic heterocycles. The maximum atomic E-state index is 11.8. The Morgan fingerprint density at radius 3 is 2.18 bits per heavy atom. The van der Waals surface area contributed by atoms with Crippen LogP contribution in [0.4, 0.5) is 0 Å². The van der Waals surface area contributed by atoms with E-state index in [1.165, 1.54) is 38.5 Å². The summed E-state index contributed by atoms with van der Waals surface area (Å²) in [6.07, 6.45) is 15.9. The van der Waals surface area contributed by atoms with Gasteiger partial charge < -0.3 is 4.74 Å². The third kappa shape index (κ3) is 8.20. The number of esters is 1. The van der Waals surface area contributed by atoms with Crippen molar-refractivity contribution in [2.45, 2.75) is 84.5 Å². The van der Waals surface area contributed by atoms with Crippen molar-refractivity contribution in [3.8, 4) is 17.0 Å². The molecule has 2 rings (SSSR count). The second-order valence-corrected chi connectivity index (χ2v) is 7.37. The van der Waals surface area contributed by atoms with Crippen molar-refractivity contribution in [3.05, 3.63) is 42.4 Å². The first-order chi connectivity index (χ1) is 13.7. The Morgan fingerprint density at radius 1 is 0.821 bits per heavy atom. The van der Waals surface area contributed by atoms with Crippen LogP contribution in [0.15, 0.2) is 36.7 Å². The molecule has 152 valence electrons. The molecular weight excluding hydrogens is 348 g/mol. The van der Waals surface area contributed by atoms with Gasteiger partial charge in [-0.05, 0) is 43.5 Å². The summed E-state index contributed by atoms with van der Waals surface area (Å²) in [5.41, 5.74) is 2.87. The van der Waals surface area contributed by atoms with E-state index in [0.717, 1.165) is 42.6 Å². The van der Waals surface area contributed by atoms with E-state index in [4.69, 9.17) is 4.74 Å². The van der Waals surface area contributed by atoms with Gasteiger partial charge in [-0.3, -0.25) is 14.8 Å². The number of unbranched alkanes of at least 4 members (excludes halogenated alkanes) is 7. The van der Waals surface area contributed by atoms with Crippen LogP contribution in [-0.4, -0.2) is 15.9 Å². The van der Waals surface area contributed by atoms with Gasteiger partial charge in [0.2, 0.25) is 0 Å². The Kier molecular flexibility index (Phi) is 10.3. The van der Waals surface area contributed by atoms with Crippen molar-refractivity contribution in [1.82, 2.24) is 9.97 Å². The molecule has 0 bridgehead atoms. The van der Waals surface area contributed by atoms with Crippen LogP contribution < -0.4 is 4.74 Å². The van der Waals surface area contributed by atoms with E-state index in [-0.39, 0.29) is 5.97 Å². The molecule has 0 spiro atoms. The Bertz CT molecular complexity index is 681. The maximum absolute atomic E-state index is 11.8. The molecule has 0 amide bonds. The Morgan fingerprint density at radius 2 is 1.50 bits per heavy atom. The molecule has 0 N–H and O–H groups in total. The predicted octanol–water partition coefficient (Wildman–Crippen LogP) is 6.53. The van der Waals surface area contributed by atoms with Gasteiger partial charge in [0, 0.05) is 18.2 Å². The van der Waals surface area contributed by atoms with Gasteiger partial charge >= 0.3 is 5.97 Å². The van der Waals surface area contributed by atoms with Crippen LogP contribution in [0.1, 0.15) is 83.7 Å². The zero-order valence-corrected chi connectivity index (χ0v) is 17.5. The zero-order chi connectivity index (χ0) is 20.0. The van der Waals surface area contributed by atoms with Gasteiger partial charge in [0.15, 0.2) is 0 Å². The summed E-state index contributed by atoms with van der Waals surface area (Å²) in [5, 5.41) is 0. The van der Waals surface area contributed by atoms with Gasteiger partial charge in [0.05, 0.1) is 17.6 Å². The fourth-order valence-corrected chi connectivity index (χ4v) is 3.11. The van der Waals surface area contributed by atoms with Crippen LogP contribution in [0.2, 0.25) is 0 Å². The van der Waals surface area contributed by atoms with E-state index in [9.17, 15) is 4.79 Å². The summed E-state index contributed by atoms with van der Waals surface area (Å²) in [6, 6.07) is 7.48. The Labute approximate surface area is 169 Å². The van der Waals surface area contributed by atoms with Gasteiger partial charge in [0.1, 0.15) is 5.75 Å². The van der Waals surface area contributed by atoms with Gasteiger partial charge in [-0.2, -0.15) is 0 Å². The first-order valence-corrected chi connectivity index (χ1v) is 10.8. The van der Waals surface area contributed by atoms with Crippen molar-refractivity contribution in [3.63, 3.8) is 0 Å². The lowest BCUT2D eigenvalue weighted by Crippen LogP contribution is -2.07. The smallest absolute Gasteiger partial charge is 0.311 e. The number of carbonyl (C=O) groups is 1. The van der Waals surface area contributed by atoms with Crippen LogP contribution in [0, 0.1) is 0 Å². The molecule has 0 aliphatic rings. The van der Waals surface area contributed by atoms with E-state index in [1.807, 2.05) is 36.7 Å². The highest BCUT2D eigenvalue weighted by molar-refractivity contribution is 5.72. The van der Waals surface area contributed by atoms with Gasteiger partial charge in [-0.25, -0.2) is 0 Å². The van der Waals surface area contributed by atoms with E-state index < -0.39 is 0 Å². The number of benzene rings is 1. The SMILES string of the molecule is CCCCCCCCc1cnc(-c2ccc(OC(=O)CCCCC)cc2)cn1. The largest absolute Gasteiger partial charge is 0.427 e. The fraction of sp³-hybridized carbons (Fsp3) is 0.542. The van der Waals surface area contributed by atoms with Gasteiger partial charge in [0.25, 0.3) is 0 Å². The molecule has 0 saturated carbocycles. The normalized spacial score (nSPS) is 10.8. The lowest BCUT2D eigenvalue weighted by atomic mass is 10.1. The van der Waals surface area contributed by atoms with Gasteiger partial charge in [-0.1, -0.05) is 58.8 Å². The highest BCUT2D eigenvalue weighted by Gasteiger charge is 2.06. The van der Waals surface area contributed by atoms with E-state index in [0.29, 0.717) is 12.2 Å². The lowest BCUT2D eigenvalue weighted by Gasteiger charge is -2.06. The Hall–Kier alpha value is -2.23. The van der Waals surface area contributed by atoms with Crippen LogP contribution in [0.5, 0.6) is 5.75 Å². The lowest BCUT2D eigenvalue weighted by molar-refractivity contribution is -0.134. The summed E-state index contributed by atoms with van der Waals surface area (Å²) >= 11 is 0. The quantitative estimate of drug-likeness (QED) is 0.224. The summed E-state index contributed by atoms with van der Waals surface area (Å²) < 4.78 is 5.38. The fourth-order valence-electron chi connectivity index (χ4n) is 3.11. The third-order valence-corrected chi connectivity index (χ3v) is 4.86. The average molecular weight is 383 g/mol. The molecule has 0 unspecified atom stereocenters. The molecule has 0 saturated heterocycles. The predicted molar refractivity (Wildman–Crippen MR) is 114 cm³/mol. The molecule has 2 aromatic rings. The highest BCUT2D eigenvalue weighted by atomic mass is 16.5. The summed E-state index contributed by atoms with van der Waals surface area (Å²) in [6.45, 7) is 4.36. The van der Waals surface area contributed by atoms with Crippen molar-refractivity contribution >= 4 is 5.97 Å². The van der Waals surface area contributed by atoms with E-state index in [1.54, 1.807) is 0 Å².